The van der Waals surface area contributed by atoms with Crippen molar-refractivity contribution in [1.29, 1.82) is 0 Å². The van der Waals surface area contributed by atoms with Crippen LogP contribution in [-0.2, 0) is 0 Å². The minimum absolute atomic E-state index is 0.860. The van der Waals surface area contributed by atoms with E-state index < -0.39 is 0 Å². The van der Waals surface area contributed by atoms with E-state index in [9.17, 15) is 0 Å². The molecule has 0 spiro atoms. The molecule has 2 aliphatic rings. The Labute approximate surface area is 53.3 Å². The lowest BCUT2D eigenvalue weighted by Gasteiger charge is -2.19. The van der Waals surface area contributed by atoms with Gasteiger partial charge in [0, 0.05) is 12.4 Å². The second-order valence-corrected chi connectivity index (χ2v) is 1.96. The van der Waals surface area contributed by atoms with E-state index in [0.29, 0.717) is 0 Å². The van der Waals surface area contributed by atoms with Crippen LogP contribution in [0.5, 0.6) is 0 Å². The molecule has 9 heavy (non-hydrogen) atoms. The summed E-state index contributed by atoms with van der Waals surface area (Å²) in [6.07, 6.45) is 7.60. The van der Waals surface area contributed by atoms with Crippen molar-refractivity contribution in [2.75, 3.05) is 6.54 Å². The molecule has 0 unspecified atom stereocenters. The van der Waals surface area contributed by atoms with E-state index in [2.05, 4.69) is 10.4 Å². The molecular formula is C6H7N3. The van der Waals surface area contributed by atoms with Gasteiger partial charge in [0.1, 0.15) is 0 Å². The van der Waals surface area contributed by atoms with E-state index in [1.165, 1.54) is 0 Å². The molecule has 0 atom stereocenters. The van der Waals surface area contributed by atoms with Gasteiger partial charge in [-0.2, -0.15) is 0 Å². The molecule has 3 nitrogen and oxygen atoms in total. The highest BCUT2D eigenvalue weighted by Crippen LogP contribution is 2.10. The minimum atomic E-state index is 0.860. The first-order chi connectivity index (χ1) is 4.47. The average Bonchev–Trinajstić information content (AvgIpc) is 2.33. The third kappa shape index (κ3) is 0.614. The van der Waals surface area contributed by atoms with Gasteiger partial charge in [-0.1, -0.05) is 0 Å². The van der Waals surface area contributed by atoms with Crippen molar-refractivity contribution in [3.05, 3.63) is 24.2 Å². The van der Waals surface area contributed by atoms with Gasteiger partial charge in [0.05, 0.1) is 18.4 Å². The molecule has 0 bridgehead atoms. The molecule has 0 saturated carbocycles. The molecule has 3 heteroatoms. The smallest absolute Gasteiger partial charge is 0.0773 e. The molecular weight excluding hydrogens is 114 g/mol. The van der Waals surface area contributed by atoms with E-state index in [1.54, 1.807) is 0 Å². The van der Waals surface area contributed by atoms with Gasteiger partial charge in [-0.15, -0.1) is 0 Å². The van der Waals surface area contributed by atoms with Crippen LogP contribution < -0.4 is 5.43 Å². The van der Waals surface area contributed by atoms with Crippen molar-refractivity contribution < 1.29 is 0 Å². The first kappa shape index (κ1) is 4.61. The van der Waals surface area contributed by atoms with E-state index in [-0.39, 0.29) is 0 Å². The summed E-state index contributed by atoms with van der Waals surface area (Å²) >= 11 is 0. The average molecular weight is 121 g/mol. The first-order valence-corrected chi connectivity index (χ1v) is 2.89. The van der Waals surface area contributed by atoms with Gasteiger partial charge >= 0.3 is 0 Å². The first-order valence-electron chi connectivity index (χ1n) is 2.89. The molecule has 0 aromatic carbocycles. The summed E-state index contributed by atoms with van der Waals surface area (Å²) in [6, 6.07) is 0. The summed E-state index contributed by atoms with van der Waals surface area (Å²) in [5, 5.41) is 2.02. The van der Waals surface area contributed by atoms with Crippen LogP contribution in [0.15, 0.2) is 29.2 Å². The largest absolute Gasteiger partial charge is 0.305 e. The van der Waals surface area contributed by atoms with Crippen LogP contribution in [0, 0.1) is 0 Å². The summed E-state index contributed by atoms with van der Waals surface area (Å²) < 4.78 is 0. The van der Waals surface area contributed by atoms with Gasteiger partial charge in [-0.25, -0.2) is 0 Å². The number of aliphatic imine (C=N–C) groups is 1. The molecule has 0 aromatic heterocycles. The summed E-state index contributed by atoms with van der Waals surface area (Å²) in [5.74, 6) is 0. The highest BCUT2D eigenvalue weighted by molar-refractivity contribution is 5.63. The molecule has 0 aromatic rings. The minimum Gasteiger partial charge on any atom is -0.305 e. The Morgan fingerprint density at radius 2 is 2.67 bits per heavy atom. The maximum Gasteiger partial charge on any atom is 0.0773 e. The fourth-order valence-electron chi connectivity index (χ4n) is 0.906. The predicted octanol–water partition coefficient (Wildman–Crippen LogP) is 0.246. The summed E-state index contributed by atoms with van der Waals surface area (Å²) in [7, 11) is 0. The highest BCUT2D eigenvalue weighted by atomic mass is 15.5. The number of hydrogen-bond donors (Lipinski definition) is 1. The summed E-state index contributed by atoms with van der Waals surface area (Å²) in [6.45, 7) is 0.860. The molecule has 0 saturated heterocycles. The van der Waals surface area contributed by atoms with Crippen LogP contribution in [0.2, 0.25) is 0 Å². The molecule has 0 radical (unpaired) electrons. The van der Waals surface area contributed by atoms with E-state index in [4.69, 9.17) is 0 Å². The lowest BCUT2D eigenvalue weighted by Crippen LogP contribution is -2.31. The Hall–Kier alpha value is -1.25. The van der Waals surface area contributed by atoms with Crippen molar-refractivity contribution in [2.24, 2.45) is 4.99 Å². The number of rotatable bonds is 0. The zero-order valence-corrected chi connectivity index (χ0v) is 4.91. The van der Waals surface area contributed by atoms with Crippen molar-refractivity contribution in [3.63, 3.8) is 0 Å². The number of fused-ring (bicyclic) bond motifs is 1. The lowest BCUT2D eigenvalue weighted by atomic mass is 10.4. The lowest BCUT2D eigenvalue weighted by molar-refractivity contribution is 0.356. The van der Waals surface area contributed by atoms with Crippen LogP contribution >= 0.6 is 0 Å². The van der Waals surface area contributed by atoms with Gasteiger partial charge < -0.3 is 5.43 Å². The predicted molar refractivity (Wildman–Crippen MR) is 35.6 cm³/mol. The van der Waals surface area contributed by atoms with E-state index in [1.807, 2.05) is 29.7 Å². The third-order valence-corrected chi connectivity index (χ3v) is 1.37. The van der Waals surface area contributed by atoms with Crippen molar-refractivity contribution >= 4 is 6.21 Å². The summed E-state index contributed by atoms with van der Waals surface area (Å²) in [5.41, 5.74) is 4.19. The van der Waals surface area contributed by atoms with Gasteiger partial charge in [0.25, 0.3) is 0 Å². The van der Waals surface area contributed by atoms with E-state index >= 15 is 0 Å². The molecule has 0 fully saturated rings. The molecule has 2 rings (SSSR count). The van der Waals surface area contributed by atoms with E-state index in [0.717, 1.165) is 12.2 Å². The molecule has 0 aliphatic carbocycles. The third-order valence-electron chi connectivity index (χ3n) is 1.37. The normalized spacial score (nSPS) is 21.3. The number of nitrogens with zero attached hydrogens (tertiary/aromatic N) is 2. The Balaban J connectivity index is 2.31. The summed E-state index contributed by atoms with van der Waals surface area (Å²) in [4.78, 5) is 4.00. The fraction of sp³-hybridized carbons (Fsp3) is 0.167. The van der Waals surface area contributed by atoms with Crippen molar-refractivity contribution in [2.45, 2.75) is 0 Å². The SMILES string of the molecule is C1=CC2=CN=CCN2N1. The van der Waals surface area contributed by atoms with Gasteiger partial charge in [-0.3, -0.25) is 10.0 Å². The Bertz CT molecular complexity index is 202. The van der Waals surface area contributed by atoms with Crippen molar-refractivity contribution in [3.8, 4) is 0 Å². The second-order valence-electron chi connectivity index (χ2n) is 1.96. The molecule has 46 valence electrons. The zero-order chi connectivity index (χ0) is 6.10. The maximum atomic E-state index is 4.00. The Kier molecular flexibility index (Phi) is 0.828. The highest BCUT2D eigenvalue weighted by Gasteiger charge is 2.10. The second kappa shape index (κ2) is 1.62. The number of allylic oxidation sites excluding steroid dienone is 1. The number of nitrogens with one attached hydrogen (secondary N) is 1. The molecule has 1 N–H and O–H groups in total. The molecule has 2 aliphatic heterocycles. The van der Waals surface area contributed by atoms with Gasteiger partial charge in [-0.05, 0) is 6.08 Å². The molecule has 0 amide bonds. The monoisotopic (exact) mass is 121 g/mol. The van der Waals surface area contributed by atoms with Gasteiger partial charge in [0.2, 0.25) is 0 Å². The molecule has 2 heterocycles. The number of hydrazine groups is 1. The Morgan fingerprint density at radius 3 is 3.56 bits per heavy atom. The van der Waals surface area contributed by atoms with Crippen LogP contribution in [0.1, 0.15) is 0 Å². The zero-order valence-electron chi connectivity index (χ0n) is 4.91. The van der Waals surface area contributed by atoms with Crippen LogP contribution in [-0.4, -0.2) is 17.8 Å². The maximum absolute atomic E-state index is 4.00. The fourth-order valence-corrected chi connectivity index (χ4v) is 0.906. The standard InChI is InChI=1S/C6H7N3/c1-2-8-9-4-3-7-5-6(1)9/h1-3,5,8H,4H2. The van der Waals surface area contributed by atoms with Crippen LogP contribution in [0.3, 0.4) is 0 Å². The van der Waals surface area contributed by atoms with Crippen molar-refractivity contribution in [1.82, 2.24) is 10.4 Å². The quantitative estimate of drug-likeness (QED) is 0.497. The Morgan fingerprint density at radius 1 is 1.67 bits per heavy atom. The van der Waals surface area contributed by atoms with Crippen LogP contribution in [0.25, 0.3) is 0 Å². The van der Waals surface area contributed by atoms with Crippen LogP contribution in [0.4, 0.5) is 0 Å². The number of hydrogen-bond acceptors (Lipinski definition) is 3. The van der Waals surface area contributed by atoms with Gasteiger partial charge in [0.15, 0.2) is 0 Å². The topological polar surface area (TPSA) is 27.6 Å².